The van der Waals surface area contributed by atoms with E-state index in [0.717, 1.165) is 49.5 Å². The number of rotatable bonds is 5. The van der Waals surface area contributed by atoms with Crippen molar-refractivity contribution in [2.75, 3.05) is 24.5 Å². The molecule has 0 aliphatic carbocycles. The summed E-state index contributed by atoms with van der Waals surface area (Å²) in [5.74, 6) is 1.28. The number of amides is 1. The molecule has 3 heterocycles. The van der Waals surface area contributed by atoms with Crippen molar-refractivity contribution >= 4 is 22.8 Å². The van der Waals surface area contributed by atoms with Gasteiger partial charge in [-0.25, -0.2) is 9.97 Å². The van der Waals surface area contributed by atoms with Crippen LogP contribution in [0.25, 0.3) is 10.9 Å². The first kappa shape index (κ1) is 18.5. The number of anilines is 1. The highest BCUT2D eigenvalue weighted by Gasteiger charge is 2.20. The Morgan fingerprint density at radius 3 is 2.86 bits per heavy atom. The van der Waals surface area contributed by atoms with E-state index < -0.39 is 0 Å². The molecule has 0 bridgehead atoms. The minimum atomic E-state index is -0.142. The highest BCUT2D eigenvalue weighted by molar-refractivity contribution is 5.92. The Bertz CT molecular complexity index is 972. The maximum absolute atomic E-state index is 12.6. The third-order valence-electron chi connectivity index (χ3n) is 5.50. The molecule has 1 saturated heterocycles. The van der Waals surface area contributed by atoms with Crippen molar-refractivity contribution in [2.24, 2.45) is 5.92 Å². The molecule has 2 aromatic heterocycles. The van der Waals surface area contributed by atoms with E-state index in [1.54, 1.807) is 6.07 Å². The lowest BCUT2D eigenvalue weighted by molar-refractivity contribution is 0.0949. The Balaban J connectivity index is 1.40. The monoisotopic (exact) mass is 377 g/mol. The fourth-order valence-electron chi connectivity index (χ4n) is 3.76. The summed E-state index contributed by atoms with van der Waals surface area (Å²) in [4.78, 5) is 27.2. The molecule has 6 nitrogen and oxygen atoms in total. The molecule has 28 heavy (non-hydrogen) atoms. The van der Waals surface area contributed by atoms with E-state index in [4.69, 9.17) is 0 Å². The smallest absolute Gasteiger partial charge is 0.270 e. The number of nitrogens with zero attached hydrogens (tertiary/aromatic N) is 3. The third kappa shape index (κ3) is 4.01. The van der Waals surface area contributed by atoms with Gasteiger partial charge in [-0.1, -0.05) is 25.1 Å². The van der Waals surface area contributed by atoms with Crippen LogP contribution in [0.2, 0.25) is 0 Å². The molecule has 0 radical (unpaired) electrons. The van der Waals surface area contributed by atoms with Gasteiger partial charge in [-0.3, -0.25) is 4.79 Å². The van der Waals surface area contributed by atoms with Crippen molar-refractivity contribution in [2.45, 2.75) is 33.1 Å². The van der Waals surface area contributed by atoms with Crippen LogP contribution in [0, 0.1) is 12.8 Å². The molecule has 3 aromatic rings. The van der Waals surface area contributed by atoms with E-state index in [9.17, 15) is 4.79 Å². The first-order valence-electron chi connectivity index (χ1n) is 10.0. The van der Waals surface area contributed by atoms with Gasteiger partial charge in [-0.05, 0) is 49.8 Å². The number of carbonyl (C=O) groups is 1. The number of hydrogen-bond acceptors (Lipinski definition) is 4. The lowest BCUT2D eigenvalue weighted by Gasteiger charge is -2.30. The molecule has 146 valence electrons. The fourth-order valence-corrected chi connectivity index (χ4v) is 3.76. The summed E-state index contributed by atoms with van der Waals surface area (Å²) >= 11 is 0. The minimum Gasteiger partial charge on any atom is -0.361 e. The van der Waals surface area contributed by atoms with Crippen molar-refractivity contribution in [3.05, 3.63) is 53.5 Å². The molecule has 0 atom stereocenters. The summed E-state index contributed by atoms with van der Waals surface area (Å²) in [6, 6.07) is 9.97. The van der Waals surface area contributed by atoms with Gasteiger partial charge in [0.2, 0.25) is 5.95 Å². The average molecular weight is 377 g/mol. The first-order valence-corrected chi connectivity index (χ1v) is 10.0. The number of fused-ring (bicyclic) bond motifs is 1. The molecule has 1 aliphatic heterocycles. The van der Waals surface area contributed by atoms with Crippen LogP contribution in [0.5, 0.6) is 0 Å². The fraction of sp³-hybridized carbons (Fsp3) is 0.409. The predicted molar refractivity (Wildman–Crippen MR) is 112 cm³/mol. The maximum atomic E-state index is 12.6. The van der Waals surface area contributed by atoms with Crippen LogP contribution < -0.4 is 10.2 Å². The molecule has 1 aromatic carbocycles. The zero-order chi connectivity index (χ0) is 19.5. The van der Waals surface area contributed by atoms with Crippen LogP contribution >= 0.6 is 0 Å². The molecule has 6 heteroatoms. The van der Waals surface area contributed by atoms with Crippen LogP contribution in [-0.2, 0) is 6.42 Å². The SMILES string of the molecule is Cc1cc(C(=O)NCCc2c[nH]c3ccccc23)nc(N2CCC(C)CC2)n1. The number of hydrogen-bond donors (Lipinski definition) is 2. The predicted octanol–water partition coefficient (Wildman–Crippen LogP) is 3.48. The van der Waals surface area contributed by atoms with Crippen LogP contribution in [0.15, 0.2) is 36.5 Å². The van der Waals surface area contributed by atoms with E-state index in [1.165, 1.54) is 10.9 Å². The largest absolute Gasteiger partial charge is 0.361 e. The molecular weight excluding hydrogens is 350 g/mol. The molecule has 0 spiro atoms. The van der Waals surface area contributed by atoms with E-state index >= 15 is 0 Å². The Labute approximate surface area is 165 Å². The lowest BCUT2D eigenvalue weighted by atomic mass is 10.00. The van der Waals surface area contributed by atoms with Crippen molar-refractivity contribution in [1.82, 2.24) is 20.3 Å². The summed E-state index contributed by atoms with van der Waals surface area (Å²) in [6.45, 7) is 6.67. The molecule has 2 N–H and O–H groups in total. The maximum Gasteiger partial charge on any atom is 0.270 e. The highest BCUT2D eigenvalue weighted by Crippen LogP contribution is 2.21. The van der Waals surface area contributed by atoms with E-state index in [2.05, 4.69) is 44.2 Å². The van der Waals surface area contributed by atoms with Crippen molar-refractivity contribution in [3.8, 4) is 0 Å². The number of carbonyl (C=O) groups excluding carboxylic acids is 1. The van der Waals surface area contributed by atoms with Crippen LogP contribution in [0.1, 0.15) is 41.5 Å². The molecular formula is C22H27N5O. The second-order valence-electron chi connectivity index (χ2n) is 7.73. The van der Waals surface area contributed by atoms with Crippen molar-refractivity contribution in [3.63, 3.8) is 0 Å². The average Bonchev–Trinajstić information content (AvgIpc) is 3.11. The van der Waals surface area contributed by atoms with Crippen molar-refractivity contribution < 1.29 is 4.79 Å². The number of aryl methyl sites for hydroxylation is 1. The second kappa shape index (κ2) is 8.00. The Morgan fingerprint density at radius 2 is 2.04 bits per heavy atom. The van der Waals surface area contributed by atoms with Gasteiger partial charge in [-0.15, -0.1) is 0 Å². The van der Waals surface area contributed by atoms with Gasteiger partial charge in [0.15, 0.2) is 0 Å². The number of aromatic amines is 1. The number of nitrogens with one attached hydrogen (secondary N) is 2. The van der Waals surface area contributed by atoms with Crippen LogP contribution in [0.4, 0.5) is 5.95 Å². The summed E-state index contributed by atoms with van der Waals surface area (Å²) in [5.41, 5.74) is 3.60. The number of benzene rings is 1. The van der Waals surface area contributed by atoms with Gasteiger partial charge in [0, 0.05) is 42.4 Å². The quantitative estimate of drug-likeness (QED) is 0.714. The van der Waals surface area contributed by atoms with Crippen molar-refractivity contribution in [1.29, 1.82) is 0 Å². The van der Waals surface area contributed by atoms with Gasteiger partial charge in [0.05, 0.1) is 0 Å². The summed E-state index contributed by atoms with van der Waals surface area (Å²) in [7, 11) is 0. The standard InChI is InChI=1S/C22H27N5O/c1-15-8-11-27(12-9-15)22-25-16(2)13-20(26-22)21(28)23-10-7-17-14-24-19-6-4-3-5-18(17)19/h3-6,13-15,24H,7-12H2,1-2H3,(H,23,28). The zero-order valence-electron chi connectivity index (χ0n) is 16.5. The Kier molecular flexibility index (Phi) is 5.28. The lowest BCUT2D eigenvalue weighted by Crippen LogP contribution is -2.35. The van der Waals surface area contributed by atoms with Gasteiger partial charge >= 0.3 is 0 Å². The van der Waals surface area contributed by atoms with Gasteiger partial charge in [-0.2, -0.15) is 0 Å². The topological polar surface area (TPSA) is 73.9 Å². The van der Waals surface area contributed by atoms with E-state index in [1.807, 2.05) is 25.3 Å². The molecule has 4 rings (SSSR count). The van der Waals surface area contributed by atoms with Gasteiger partial charge in [0.25, 0.3) is 5.91 Å². The van der Waals surface area contributed by atoms with Gasteiger partial charge < -0.3 is 15.2 Å². The van der Waals surface area contributed by atoms with Gasteiger partial charge in [0.1, 0.15) is 5.69 Å². The minimum absolute atomic E-state index is 0.142. The third-order valence-corrected chi connectivity index (χ3v) is 5.50. The number of H-pyrrole nitrogens is 1. The number of piperidine rings is 1. The summed E-state index contributed by atoms with van der Waals surface area (Å²) in [5, 5.41) is 4.21. The van der Waals surface area contributed by atoms with Crippen LogP contribution in [0.3, 0.4) is 0 Å². The van der Waals surface area contributed by atoms with Crippen LogP contribution in [-0.4, -0.2) is 40.5 Å². The summed E-state index contributed by atoms with van der Waals surface area (Å²) in [6.07, 6.45) is 5.07. The number of aromatic nitrogens is 3. The molecule has 1 aliphatic rings. The normalized spacial score (nSPS) is 15.1. The Hall–Kier alpha value is -2.89. The number of para-hydroxylation sites is 1. The summed E-state index contributed by atoms with van der Waals surface area (Å²) < 4.78 is 0. The molecule has 1 amide bonds. The molecule has 0 unspecified atom stereocenters. The zero-order valence-corrected chi connectivity index (χ0v) is 16.5. The second-order valence-corrected chi connectivity index (χ2v) is 7.73. The van der Waals surface area contributed by atoms with E-state index in [-0.39, 0.29) is 5.91 Å². The highest BCUT2D eigenvalue weighted by atomic mass is 16.1. The first-order chi connectivity index (χ1) is 13.6. The molecule has 0 saturated carbocycles. The van der Waals surface area contributed by atoms with E-state index in [0.29, 0.717) is 18.2 Å². The molecule has 1 fully saturated rings. The Morgan fingerprint density at radius 1 is 1.25 bits per heavy atom.